The van der Waals surface area contributed by atoms with E-state index in [4.69, 9.17) is 15.2 Å². The molecule has 0 saturated heterocycles. The summed E-state index contributed by atoms with van der Waals surface area (Å²) in [5.41, 5.74) is 6.65. The predicted octanol–water partition coefficient (Wildman–Crippen LogP) is 0.983. The molecule has 0 bridgehead atoms. The van der Waals surface area contributed by atoms with E-state index in [9.17, 15) is 4.79 Å². The van der Waals surface area contributed by atoms with Crippen LogP contribution in [0.1, 0.15) is 15.9 Å². The molecule has 1 aromatic carbocycles. The molecule has 4 heteroatoms. The average Bonchev–Trinajstić information content (AvgIpc) is 2.28. The molecule has 0 aliphatic rings. The van der Waals surface area contributed by atoms with E-state index in [1.165, 1.54) is 0 Å². The van der Waals surface area contributed by atoms with Gasteiger partial charge in [0, 0.05) is 18.2 Å². The first-order chi connectivity index (χ1) is 7.24. The Morgan fingerprint density at radius 1 is 1.40 bits per heavy atom. The second-order valence-electron chi connectivity index (χ2n) is 3.05. The second-order valence-corrected chi connectivity index (χ2v) is 3.05. The van der Waals surface area contributed by atoms with E-state index in [2.05, 4.69) is 0 Å². The van der Waals surface area contributed by atoms with Crippen molar-refractivity contribution >= 4 is 5.78 Å². The molecule has 0 saturated carbocycles. The number of ether oxygens (including phenoxy) is 2. The standard InChI is InChI=1S/C11H15NO3/c1-14-7-9-8(10(13)6-12)4-3-5-11(9)15-2/h3-5H,6-7,12H2,1-2H3. The summed E-state index contributed by atoms with van der Waals surface area (Å²) in [5.74, 6) is 0.539. The van der Waals surface area contributed by atoms with Crippen LogP contribution in [0.5, 0.6) is 5.75 Å². The summed E-state index contributed by atoms with van der Waals surface area (Å²) < 4.78 is 10.2. The van der Waals surface area contributed by atoms with Crippen LogP contribution >= 0.6 is 0 Å². The zero-order chi connectivity index (χ0) is 11.3. The highest BCUT2D eigenvalue weighted by atomic mass is 16.5. The van der Waals surface area contributed by atoms with Crippen LogP contribution < -0.4 is 10.5 Å². The molecule has 2 N–H and O–H groups in total. The van der Waals surface area contributed by atoms with Gasteiger partial charge in [-0.05, 0) is 6.07 Å². The Kier molecular flexibility index (Phi) is 4.27. The quantitative estimate of drug-likeness (QED) is 0.734. The Morgan fingerprint density at radius 3 is 2.67 bits per heavy atom. The van der Waals surface area contributed by atoms with Crippen LogP contribution in [-0.4, -0.2) is 26.5 Å². The van der Waals surface area contributed by atoms with Gasteiger partial charge in [-0.1, -0.05) is 12.1 Å². The molecule has 0 radical (unpaired) electrons. The fourth-order valence-electron chi connectivity index (χ4n) is 1.42. The van der Waals surface area contributed by atoms with Crippen LogP contribution in [0.25, 0.3) is 0 Å². The summed E-state index contributed by atoms with van der Waals surface area (Å²) in [5, 5.41) is 0. The number of methoxy groups -OCH3 is 2. The van der Waals surface area contributed by atoms with Gasteiger partial charge in [0.15, 0.2) is 5.78 Å². The van der Waals surface area contributed by atoms with E-state index in [1.54, 1.807) is 32.4 Å². The maximum Gasteiger partial charge on any atom is 0.176 e. The van der Waals surface area contributed by atoms with Crippen molar-refractivity contribution in [3.05, 3.63) is 29.3 Å². The molecule has 0 spiro atoms. The number of hydrogen-bond donors (Lipinski definition) is 1. The predicted molar refractivity (Wildman–Crippen MR) is 57.1 cm³/mol. The highest BCUT2D eigenvalue weighted by Gasteiger charge is 2.13. The lowest BCUT2D eigenvalue weighted by Gasteiger charge is -2.11. The van der Waals surface area contributed by atoms with Gasteiger partial charge in [-0.15, -0.1) is 0 Å². The van der Waals surface area contributed by atoms with E-state index in [-0.39, 0.29) is 12.3 Å². The third kappa shape index (κ3) is 2.55. The van der Waals surface area contributed by atoms with Gasteiger partial charge in [0.1, 0.15) is 5.75 Å². The zero-order valence-corrected chi connectivity index (χ0v) is 8.95. The van der Waals surface area contributed by atoms with Crippen molar-refractivity contribution in [3.63, 3.8) is 0 Å². The maximum absolute atomic E-state index is 11.5. The van der Waals surface area contributed by atoms with E-state index in [0.717, 1.165) is 5.56 Å². The van der Waals surface area contributed by atoms with Crippen molar-refractivity contribution in [2.45, 2.75) is 6.61 Å². The molecule has 0 aliphatic carbocycles. The minimum Gasteiger partial charge on any atom is -0.496 e. The molecule has 15 heavy (non-hydrogen) atoms. The van der Waals surface area contributed by atoms with Crippen LogP contribution in [-0.2, 0) is 11.3 Å². The van der Waals surface area contributed by atoms with Crippen LogP contribution in [0, 0.1) is 0 Å². The molecule has 82 valence electrons. The van der Waals surface area contributed by atoms with E-state index < -0.39 is 0 Å². The fraction of sp³-hybridized carbons (Fsp3) is 0.364. The van der Waals surface area contributed by atoms with Gasteiger partial charge in [0.05, 0.1) is 20.3 Å². The summed E-state index contributed by atoms with van der Waals surface area (Å²) in [6, 6.07) is 5.29. The second kappa shape index (κ2) is 5.48. The smallest absolute Gasteiger partial charge is 0.176 e. The van der Waals surface area contributed by atoms with E-state index >= 15 is 0 Å². The van der Waals surface area contributed by atoms with Crippen molar-refractivity contribution in [2.24, 2.45) is 5.73 Å². The summed E-state index contributed by atoms with van der Waals surface area (Å²) in [4.78, 5) is 11.5. The Balaban J connectivity index is 3.18. The number of Topliss-reactive ketones (excluding diaryl/α,β-unsaturated/α-hetero) is 1. The van der Waals surface area contributed by atoms with Crippen LogP contribution in [0.3, 0.4) is 0 Å². The Hall–Kier alpha value is -1.39. The molecule has 0 heterocycles. The third-order valence-electron chi connectivity index (χ3n) is 2.13. The lowest BCUT2D eigenvalue weighted by Crippen LogP contribution is -2.16. The lowest BCUT2D eigenvalue weighted by atomic mass is 10.0. The Morgan fingerprint density at radius 2 is 2.13 bits per heavy atom. The number of carbonyl (C=O) groups excluding carboxylic acids is 1. The molecule has 0 amide bonds. The summed E-state index contributed by atoms with van der Waals surface area (Å²) in [6.07, 6.45) is 0. The first-order valence-corrected chi connectivity index (χ1v) is 4.62. The van der Waals surface area contributed by atoms with Crippen molar-refractivity contribution < 1.29 is 14.3 Å². The molecule has 4 nitrogen and oxygen atoms in total. The van der Waals surface area contributed by atoms with E-state index in [0.29, 0.717) is 17.9 Å². The Bertz CT molecular complexity index is 350. The van der Waals surface area contributed by atoms with Crippen molar-refractivity contribution in [3.8, 4) is 5.75 Å². The largest absolute Gasteiger partial charge is 0.496 e. The molecule has 0 aliphatic heterocycles. The zero-order valence-electron chi connectivity index (χ0n) is 8.95. The van der Waals surface area contributed by atoms with Gasteiger partial charge in [0.2, 0.25) is 0 Å². The van der Waals surface area contributed by atoms with Crippen LogP contribution in [0.4, 0.5) is 0 Å². The molecule has 0 atom stereocenters. The first-order valence-electron chi connectivity index (χ1n) is 4.62. The number of benzene rings is 1. The third-order valence-corrected chi connectivity index (χ3v) is 2.13. The number of rotatable bonds is 5. The molecular formula is C11H15NO3. The summed E-state index contributed by atoms with van der Waals surface area (Å²) in [6.45, 7) is 0.328. The minimum absolute atomic E-state index is 0.0100. The van der Waals surface area contributed by atoms with Crippen LogP contribution in [0.2, 0.25) is 0 Å². The normalized spacial score (nSPS) is 10.1. The number of nitrogens with two attached hydrogens (primary N) is 1. The fourth-order valence-corrected chi connectivity index (χ4v) is 1.42. The van der Waals surface area contributed by atoms with Gasteiger partial charge in [-0.2, -0.15) is 0 Å². The van der Waals surface area contributed by atoms with Crippen LogP contribution in [0.15, 0.2) is 18.2 Å². The monoisotopic (exact) mass is 209 g/mol. The van der Waals surface area contributed by atoms with Gasteiger partial charge < -0.3 is 15.2 Å². The molecule has 0 fully saturated rings. The lowest BCUT2D eigenvalue weighted by molar-refractivity contribution is 0.0995. The summed E-state index contributed by atoms with van der Waals surface area (Å²) in [7, 11) is 3.13. The molecule has 1 rings (SSSR count). The average molecular weight is 209 g/mol. The Labute approximate surface area is 89.0 Å². The van der Waals surface area contributed by atoms with Gasteiger partial charge >= 0.3 is 0 Å². The number of ketones is 1. The number of hydrogen-bond acceptors (Lipinski definition) is 4. The van der Waals surface area contributed by atoms with Crippen molar-refractivity contribution in [1.82, 2.24) is 0 Å². The molecule has 0 unspecified atom stereocenters. The van der Waals surface area contributed by atoms with Gasteiger partial charge in [-0.3, -0.25) is 4.79 Å². The SMILES string of the molecule is COCc1c(OC)cccc1C(=O)CN. The van der Waals surface area contributed by atoms with Gasteiger partial charge in [0.25, 0.3) is 0 Å². The van der Waals surface area contributed by atoms with Gasteiger partial charge in [-0.25, -0.2) is 0 Å². The highest BCUT2D eigenvalue weighted by Crippen LogP contribution is 2.23. The topological polar surface area (TPSA) is 61.5 Å². The first kappa shape index (κ1) is 11.7. The van der Waals surface area contributed by atoms with Crippen molar-refractivity contribution in [2.75, 3.05) is 20.8 Å². The molecular weight excluding hydrogens is 194 g/mol. The number of carbonyl (C=O) groups is 1. The maximum atomic E-state index is 11.5. The molecule has 0 aromatic heterocycles. The highest BCUT2D eigenvalue weighted by molar-refractivity contribution is 5.99. The van der Waals surface area contributed by atoms with Crippen molar-refractivity contribution in [1.29, 1.82) is 0 Å². The minimum atomic E-state index is -0.110. The summed E-state index contributed by atoms with van der Waals surface area (Å²) >= 11 is 0. The van der Waals surface area contributed by atoms with E-state index in [1.807, 2.05) is 0 Å². The molecule has 1 aromatic rings.